The number of benzene rings is 1. The van der Waals surface area contributed by atoms with Crippen LogP contribution in [0, 0.1) is 0 Å². The molecule has 5 nitrogen and oxygen atoms in total. The van der Waals surface area contributed by atoms with Crippen molar-refractivity contribution in [1.82, 2.24) is 5.32 Å². The Kier molecular flexibility index (Phi) is 3.82. The smallest absolute Gasteiger partial charge is 0.407 e. The Hall–Kier alpha value is -2.04. The lowest BCUT2D eigenvalue weighted by atomic mass is 10.0. The van der Waals surface area contributed by atoms with Gasteiger partial charge in [0.1, 0.15) is 6.54 Å². The zero-order valence-electron chi connectivity index (χ0n) is 10.3. The molecule has 0 bridgehead atoms. The van der Waals surface area contributed by atoms with Crippen LogP contribution in [-0.4, -0.2) is 32.2 Å². The number of aryl methyl sites for hydroxylation is 1. The number of methoxy groups -OCH3 is 1. The maximum Gasteiger partial charge on any atom is 0.407 e. The van der Waals surface area contributed by atoms with Gasteiger partial charge in [-0.05, 0) is 24.5 Å². The first-order chi connectivity index (χ1) is 8.72. The van der Waals surface area contributed by atoms with Gasteiger partial charge in [0.2, 0.25) is 5.91 Å². The summed E-state index contributed by atoms with van der Waals surface area (Å²) in [4.78, 5) is 24.7. The monoisotopic (exact) mass is 248 g/mol. The highest BCUT2D eigenvalue weighted by Crippen LogP contribution is 2.26. The van der Waals surface area contributed by atoms with Crippen molar-refractivity contribution in [3.05, 3.63) is 29.8 Å². The minimum absolute atomic E-state index is 0.0407. The molecule has 2 rings (SSSR count). The minimum atomic E-state index is -0.589. The van der Waals surface area contributed by atoms with E-state index in [1.165, 1.54) is 12.7 Å². The zero-order valence-corrected chi connectivity index (χ0v) is 10.3. The number of fused-ring (bicyclic) bond motifs is 1. The largest absolute Gasteiger partial charge is 0.453 e. The van der Waals surface area contributed by atoms with Gasteiger partial charge >= 0.3 is 6.09 Å². The third kappa shape index (κ3) is 2.61. The molecule has 0 saturated heterocycles. The van der Waals surface area contributed by atoms with Crippen molar-refractivity contribution in [2.24, 2.45) is 0 Å². The molecule has 0 radical (unpaired) electrons. The maximum absolute atomic E-state index is 12.0. The number of hydrogen-bond donors (Lipinski definition) is 1. The fraction of sp³-hybridized carbons (Fsp3) is 0.385. The molecule has 0 spiro atoms. The third-order valence-electron chi connectivity index (χ3n) is 2.98. The van der Waals surface area contributed by atoms with Gasteiger partial charge in [-0.1, -0.05) is 18.2 Å². The van der Waals surface area contributed by atoms with Crippen molar-refractivity contribution in [3.8, 4) is 0 Å². The molecule has 2 amide bonds. The quantitative estimate of drug-likeness (QED) is 0.858. The molecule has 0 aromatic heterocycles. The standard InChI is InChI=1S/C13H16N2O3/c1-18-13(17)14-9-12(16)15-8-4-6-10-5-2-3-7-11(10)15/h2-3,5,7H,4,6,8-9H2,1H3,(H,14,17). The summed E-state index contributed by atoms with van der Waals surface area (Å²) in [7, 11) is 1.27. The first kappa shape index (κ1) is 12.4. The number of nitrogens with zero attached hydrogens (tertiary/aromatic N) is 1. The Morgan fingerprint density at radius 1 is 1.39 bits per heavy atom. The van der Waals surface area contributed by atoms with Crippen molar-refractivity contribution in [1.29, 1.82) is 0 Å². The van der Waals surface area contributed by atoms with E-state index in [1.807, 2.05) is 24.3 Å². The maximum atomic E-state index is 12.0. The number of nitrogens with one attached hydrogen (secondary N) is 1. The van der Waals surface area contributed by atoms with E-state index in [-0.39, 0.29) is 12.5 Å². The topological polar surface area (TPSA) is 58.6 Å². The summed E-state index contributed by atoms with van der Waals surface area (Å²) in [6.07, 6.45) is 1.35. The SMILES string of the molecule is COC(=O)NCC(=O)N1CCCc2ccccc21. The summed E-state index contributed by atoms with van der Waals surface area (Å²) in [5, 5.41) is 2.41. The second-order valence-electron chi connectivity index (χ2n) is 4.12. The van der Waals surface area contributed by atoms with Crippen molar-refractivity contribution >= 4 is 17.7 Å². The van der Waals surface area contributed by atoms with Gasteiger partial charge in [-0.2, -0.15) is 0 Å². The normalized spacial score (nSPS) is 13.7. The van der Waals surface area contributed by atoms with Gasteiger partial charge < -0.3 is 15.0 Å². The Balaban J connectivity index is 2.06. The highest BCUT2D eigenvalue weighted by molar-refractivity contribution is 5.97. The van der Waals surface area contributed by atoms with Crippen LogP contribution in [0.4, 0.5) is 10.5 Å². The van der Waals surface area contributed by atoms with Gasteiger partial charge in [-0.25, -0.2) is 4.79 Å². The molecule has 1 aromatic carbocycles. The van der Waals surface area contributed by atoms with Crippen molar-refractivity contribution in [2.75, 3.05) is 25.1 Å². The number of para-hydroxylation sites is 1. The number of carbonyl (C=O) groups is 2. The molecule has 96 valence electrons. The second kappa shape index (κ2) is 5.53. The lowest BCUT2D eigenvalue weighted by molar-refractivity contribution is -0.117. The van der Waals surface area contributed by atoms with Crippen molar-refractivity contribution in [2.45, 2.75) is 12.8 Å². The molecular formula is C13H16N2O3. The van der Waals surface area contributed by atoms with E-state index < -0.39 is 6.09 Å². The molecule has 0 fully saturated rings. The number of anilines is 1. The molecule has 5 heteroatoms. The average molecular weight is 248 g/mol. The lowest BCUT2D eigenvalue weighted by Crippen LogP contribution is -2.42. The van der Waals surface area contributed by atoms with E-state index in [2.05, 4.69) is 10.1 Å². The van der Waals surface area contributed by atoms with Crippen LogP contribution in [-0.2, 0) is 16.0 Å². The van der Waals surface area contributed by atoms with Crippen LogP contribution in [0.15, 0.2) is 24.3 Å². The summed E-state index contributed by atoms with van der Waals surface area (Å²) in [6, 6.07) is 7.85. The summed E-state index contributed by atoms with van der Waals surface area (Å²) in [6.45, 7) is 0.652. The van der Waals surface area contributed by atoms with Gasteiger partial charge in [-0.15, -0.1) is 0 Å². The molecular weight excluding hydrogens is 232 g/mol. The fourth-order valence-corrected chi connectivity index (χ4v) is 2.11. The number of alkyl carbamates (subject to hydrolysis) is 1. The Morgan fingerprint density at radius 2 is 2.17 bits per heavy atom. The molecule has 0 aliphatic carbocycles. The predicted molar refractivity (Wildman–Crippen MR) is 67.5 cm³/mol. The number of carbonyl (C=O) groups excluding carboxylic acids is 2. The zero-order chi connectivity index (χ0) is 13.0. The van der Waals surface area contributed by atoms with E-state index in [0.717, 1.165) is 18.5 Å². The first-order valence-electron chi connectivity index (χ1n) is 5.92. The van der Waals surface area contributed by atoms with E-state index in [4.69, 9.17) is 0 Å². The van der Waals surface area contributed by atoms with E-state index in [1.54, 1.807) is 4.90 Å². The van der Waals surface area contributed by atoms with Crippen LogP contribution < -0.4 is 10.2 Å². The second-order valence-corrected chi connectivity index (χ2v) is 4.12. The molecule has 1 aliphatic heterocycles. The third-order valence-corrected chi connectivity index (χ3v) is 2.98. The van der Waals surface area contributed by atoms with Crippen LogP contribution in [0.25, 0.3) is 0 Å². The predicted octanol–water partition coefficient (Wildman–Crippen LogP) is 1.32. The summed E-state index contributed by atoms with van der Waals surface area (Å²) >= 11 is 0. The van der Waals surface area contributed by atoms with Gasteiger partial charge in [0.25, 0.3) is 0 Å². The lowest BCUT2D eigenvalue weighted by Gasteiger charge is -2.29. The Bertz CT molecular complexity index is 459. The fourth-order valence-electron chi connectivity index (χ4n) is 2.11. The molecule has 1 heterocycles. The van der Waals surface area contributed by atoms with E-state index in [9.17, 15) is 9.59 Å². The summed E-state index contributed by atoms with van der Waals surface area (Å²) < 4.78 is 4.44. The number of hydrogen-bond acceptors (Lipinski definition) is 3. The van der Waals surface area contributed by atoms with Gasteiger partial charge in [0, 0.05) is 12.2 Å². The van der Waals surface area contributed by atoms with Crippen molar-refractivity contribution < 1.29 is 14.3 Å². The molecule has 0 unspecified atom stereocenters. The molecule has 1 N–H and O–H groups in total. The van der Waals surface area contributed by atoms with E-state index in [0.29, 0.717) is 6.54 Å². The van der Waals surface area contributed by atoms with Crippen molar-refractivity contribution in [3.63, 3.8) is 0 Å². The van der Waals surface area contributed by atoms with Crippen LogP contribution in [0.3, 0.4) is 0 Å². The highest BCUT2D eigenvalue weighted by Gasteiger charge is 2.22. The van der Waals surface area contributed by atoms with E-state index >= 15 is 0 Å². The number of ether oxygens (including phenoxy) is 1. The minimum Gasteiger partial charge on any atom is -0.453 e. The van der Waals surface area contributed by atoms with Crippen LogP contribution in [0.1, 0.15) is 12.0 Å². The molecule has 0 atom stereocenters. The first-order valence-corrected chi connectivity index (χ1v) is 5.92. The molecule has 18 heavy (non-hydrogen) atoms. The Morgan fingerprint density at radius 3 is 2.94 bits per heavy atom. The van der Waals surface area contributed by atoms with Gasteiger partial charge in [-0.3, -0.25) is 4.79 Å². The number of amides is 2. The molecule has 1 aliphatic rings. The molecule has 0 saturated carbocycles. The van der Waals surface area contributed by atoms with Crippen LogP contribution in [0.2, 0.25) is 0 Å². The van der Waals surface area contributed by atoms with Gasteiger partial charge in [0.15, 0.2) is 0 Å². The summed E-state index contributed by atoms with van der Waals surface area (Å²) in [5.74, 6) is -0.118. The average Bonchev–Trinajstić information content (AvgIpc) is 2.43. The Labute approximate surface area is 106 Å². The highest BCUT2D eigenvalue weighted by atomic mass is 16.5. The molecule has 1 aromatic rings. The summed E-state index contributed by atoms with van der Waals surface area (Å²) in [5.41, 5.74) is 2.12. The number of rotatable bonds is 2. The van der Waals surface area contributed by atoms with Crippen LogP contribution in [0.5, 0.6) is 0 Å². The van der Waals surface area contributed by atoms with Gasteiger partial charge in [0.05, 0.1) is 7.11 Å². The van der Waals surface area contributed by atoms with Crippen LogP contribution >= 0.6 is 0 Å².